The summed E-state index contributed by atoms with van der Waals surface area (Å²) in [6.07, 6.45) is 2.71. The van der Waals surface area contributed by atoms with Gasteiger partial charge < -0.3 is 4.74 Å². The lowest BCUT2D eigenvalue weighted by atomic mass is 9.77. The van der Waals surface area contributed by atoms with Gasteiger partial charge in [0.1, 0.15) is 0 Å². The quantitative estimate of drug-likeness (QED) is 0.708. The molecule has 0 spiro atoms. The van der Waals surface area contributed by atoms with Crippen molar-refractivity contribution in [2.75, 3.05) is 6.61 Å². The molecule has 0 aliphatic heterocycles. The lowest BCUT2D eigenvalue weighted by Gasteiger charge is -2.32. The highest BCUT2D eigenvalue weighted by Gasteiger charge is 2.24. The van der Waals surface area contributed by atoms with Crippen molar-refractivity contribution in [1.29, 1.82) is 0 Å². The number of ether oxygens (including phenoxy) is 1. The highest BCUT2D eigenvalue weighted by molar-refractivity contribution is 5.13. The maximum atomic E-state index is 5.67. The fourth-order valence-corrected chi connectivity index (χ4v) is 2.12. The van der Waals surface area contributed by atoms with Crippen LogP contribution in [0.25, 0.3) is 0 Å². The van der Waals surface area contributed by atoms with Gasteiger partial charge in [0.2, 0.25) is 0 Å². The molecule has 0 N–H and O–H groups in total. The average molecular weight is 190 g/mol. The molecule has 0 amide bonds. The Hall–Kier alpha value is -0.820. The van der Waals surface area contributed by atoms with E-state index in [0.29, 0.717) is 0 Å². The van der Waals surface area contributed by atoms with Crippen LogP contribution >= 0.6 is 0 Å². The Balaban J connectivity index is 1.64. The lowest BCUT2D eigenvalue weighted by Crippen LogP contribution is -2.25. The SMILES string of the molecule is CC1CC(COCc2ccccc2)C1. The molecule has 1 aromatic rings. The molecule has 1 aliphatic rings. The Kier molecular flexibility index (Phi) is 3.20. The summed E-state index contributed by atoms with van der Waals surface area (Å²) < 4.78 is 5.67. The molecule has 1 nitrogen and oxygen atoms in total. The molecule has 0 unspecified atom stereocenters. The largest absolute Gasteiger partial charge is 0.376 e. The van der Waals surface area contributed by atoms with E-state index in [-0.39, 0.29) is 0 Å². The van der Waals surface area contributed by atoms with Crippen molar-refractivity contribution in [1.82, 2.24) is 0 Å². The standard InChI is InChI=1S/C13H18O/c1-11-7-13(8-11)10-14-9-12-5-3-2-4-6-12/h2-6,11,13H,7-10H2,1H3. The van der Waals surface area contributed by atoms with Gasteiger partial charge in [0, 0.05) is 6.61 Å². The van der Waals surface area contributed by atoms with Gasteiger partial charge in [-0.25, -0.2) is 0 Å². The predicted molar refractivity (Wildman–Crippen MR) is 58.0 cm³/mol. The van der Waals surface area contributed by atoms with Crippen LogP contribution in [0.4, 0.5) is 0 Å². The zero-order valence-electron chi connectivity index (χ0n) is 8.78. The molecule has 2 rings (SSSR count). The molecule has 1 saturated carbocycles. The lowest BCUT2D eigenvalue weighted by molar-refractivity contribution is 0.0391. The maximum Gasteiger partial charge on any atom is 0.0717 e. The molecule has 0 heterocycles. The molecule has 0 atom stereocenters. The van der Waals surface area contributed by atoms with Crippen LogP contribution < -0.4 is 0 Å². The first-order valence-corrected chi connectivity index (χ1v) is 5.46. The molecule has 76 valence electrons. The molecular weight excluding hydrogens is 172 g/mol. The minimum Gasteiger partial charge on any atom is -0.376 e. The van der Waals surface area contributed by atoms with Crippen LogP contribution in [0, 0.1) is 11.8 Å². The van der Waals surface area contributed by atoms with Crippen LogP contribution in [0.15, 0.2) is 30.3 Å². The van der Waals surface area contributed by atoms with Gasteiger partial charge >= 0.3 is 0 Å². The molecule has 1 fully saturated rings. The molecule has 0 radical (unpaired) electrons. The molecule has 0 saturated heterocycles. The Morgan fingerprint density at radius 1 is 1.21 bits per heavy atom. The summed E-state index contributed by atoms with van der Waals surface area (Å²) in [5.41, 5.74) is 1.28. The topological polar surface area (TPSA) is 9.23 Å². The normalized spacial score (nSPS) is 25.8. The van der Waals surface area contributed by atoms with E-state index in [2.05, 4.69) is 31.2 Å². The van der Waals surface area contributed by atoms with Gasteiger partial charge in [0.15, 0.2) is 0 Å². The summed E-state index contributed by atoms with van der Waals surface area (Å²) in [4.78, 5) is 0. The van der Waals surface area contributed by atoms with Crippen LogP contribution in [0.3, 0.4) is 0 Å². The van der Waals surface area contributed by atoms with E-state index in [4.69, 9.17) is 4.74 Å². The van der Waals surface area contributed by atoms with Crippen LogP contribution in [-0.4, -0.2) is 6.61 Å². The zero-order valence-corrected chi connectivity index (χ0v) is 8.78. The molecule has 0 bridgehead atoms. The second kappa shape index (κ2) is 4.61. The van der Waals surface area contributed by atoms with Crippen molar-refractivity contribution < 1.29 is 4.74 Å². The number of hydrogen-bond acceptors (Lipinski definition) is 1. The second-order valence-electron chi connectivity index (χ2n) is 4.44. The van der Waals surface area contributed by atoms with Crippen molar-refractivity contribution in [3.8, 4) is 0 Å². The van der Waals surface area contributed by atoms with Crippen LogP contribution in [0.2, 0.25) is 0 Å². The second-order valence-corrected chi connectivity index (χ2v) is 4.44. The molecule has 0 aromatic heterocycles. The summed E-state index contributed by atoms with van der Waals surface area (Å²) in [5, 5.41) is 0. The van der Waals surface area contributed by atoms with Gasteiger partial charge in [-0.2, -0.15) is 0 Å². The first-order valence-electron chi connectivity index (χ1n) is 5.46. The van der Waals surface area contributed by atoms with E-state index in [0.717, 1.165) is 25.0 Å². The van der Waals surface area contributed by atoms with Crippen LogP contribution in [0.5, 0.6) is 0 Å². The highest BCUT2D eigenvalue weighted by Crippen LogP contribution is 2.33. The predicted octanol–water partition coefficient (Wildman–Crippen LogP) is 3.25. The van der Waals surface area contributed by atoms with Crippen molar-refractivity contribution in [3.63, 3.8) is 0 Å². The summed E-state index contributed by atoms with van der Waals surface area (Å²) in [6, 6.07) is 10.4. The molecule has 1 aromatic carbocycles. The zero-order chi connectivity index (χ0) is 9.80. The number of rotatable bonds is 4. The Morgan fingerprint density at radius 2 is 1.93 bits per heavy atom. The van der Waals surface area contributed by atoms with Crippen molar-refractivity contribution >= 4 is 0 Å². The minimum absolute atomic E-state index is 0.770. The smallest absolute Gasteiger partial charge is 0.0717 e. The van der Waals surface area contributed by atoms with Gasteiger partial charge in [-0.3, -0.25) is 0 Å². The average Bonchev–Trinajstić information content (AvgIpc) is 2.17. The van der Waals surface area contributed by atoms with E-state index in [1.165, 1.54) is 18.4 Å². The number of hydrogen-bond donors (Lipinski definition) is 0. The molecule has 1 heteroatoms. The summed E-state index contributed by atoms with van der Waals surface area (Å²) in [6.45, 7) is 4.03. The highest BCUT2D eigenvalue weighted by atomic mass is 16.5. The fourth-order valence-electron chi connectivity index (χ4n) is 2.12. The molecule has 1 aliphatic carbocycles. The van der Waals surface area contributed by atoms with E-state index >= 15 is 0 Å². The van der Waals surface area contributed by atoms with Gasteiger partial charge in [0.05, 0.1) is 6.61 Å². The first-order chi connectivity index (χ1) is 6.84. The van der Waals surface area contributed by atoms with Gasteiger partial charge in [-0.15, -0.1) is 0 Å². The molecular formula is C13H18O. The van der Waals surface area contributed by atoms with E-state index < -0.39 is 0 Å². The summed E-state index contributed by atoms with van der Waals surface area (Å²) >= 11 is 0. The van der Waals surface area contributed by atoms with Gasteiger partial charge in [0.25, 0.3) is 0 Å². The maximum absolute atomic E-state index is 5.67. The molecule has 14 heavy (non-hydrogen) atoms. The van der Waals surface area contributed by atoms with Crippen LogP contribution in [0.1, 0.15) is 25.3 Å². The van der Waals surface area contributed by atoms with E-state index in [1.807, 2.05) is 6.07 Å². The van der Waals surface area contributed by atoms with Crippen LogP contribution in [-0.2, 0) is 11.3 Å². The van der Waals surface area contributed by atoms with Crippen molar-refractivity contribution in [3.05, 3.63) is 35.9 Å². The third kappa shape index (κ3) is 2.58. The van der Waals surface area contributed by atoms with Crippen molar-refractivity contribution in [2.45, 2.75) is 26.4 Å². The first kappa shape index (κ1) is 9.72. The Labute approximate surface area is 86.1 Å². The Bertz CT molecular complexity index is 262. The Morgan fingerprint density at radius 3 is 2.57 bits per heavy atom. The van der Waals surface area contributed by atoms with Crippen molar-refractivity contribution in [2.24, 2.45) is 11.8 Å². The third-order valence-electron chi connectivity index (χ3n) is 2.94. The van der Waals surface area contributed by atoms with Gasteiger partial charge in [-0.05, 0) is 30.2 Å². The van der Waals surface area contributed by atoms with E-state index in [9.17, 15) is 0 Å². The minimum atomic E-state index is 0.770. The summed E-state index contributed by atoms with van der Waals surface area (Å²) in [7, 11) is 0. The fraction of sp³-hybridized carbons (Fsp3) is 0.538. The van der Waals surface area contributed by atoms with Gasteiger partial charge in [-0.1, -0.05) is 37.3 Å². The third-order valence-corrected chi connectivity index (χ3v) is 2.94. The monoisotopic (exact) mass is 190 g/mol. The summed E-state index contributed by atoms with van der Waals surface area (Å²) in [5.74, 6) is 1.76. The van der Waals surface area contributed by atoms with E-state index in [1.54, 1.807) is 0 Å². The number of benzene rings is 1.